The van der Waals surface area contributed by atoms with Crippen molar-refractivity contribution >= 4 is 11.8 Å². The Kier molecular flexibility index (Phi) is 7.60. The van der Waals surface area contributed by atoms with Crippen LogP contribution in [0.15, 0.2) is 48.8 Å². The molecule has 3 heterocycles. The predicted molar refractivity (Wildman–Crippen MR) is 127 cm³/mol. The van der Waals surface area contributed by atoms with Gasteiger partial charge in [0.15, 0.2) is 6.61 Å². The second kappa shape index (κ2) is 10.8. The summed E-state index contributed by atoms with van der Waals surface area (Å²) in [6.07, 6.45) is 6.93. The normalized spacial score (nSPS) is 21.6. The average molecular weight is 451 g/mol. The fraction of sp³-hybridized carbons (Fsp3) is 0.500. The second-order valence-corrected chi connectivity index (χ2v) is 9.17. The van der Waals surface area contributed by atoms with Crippen molar-refractivity contribution < 1.29 is 14.3 Å². The molecule has 1 aromatic heterocycles. The van der Waals surface area contributed by atoms with Gasteiger partial charge < -0.3 is 14.5 Å². The summed E-state index contributed by atoms with van der Waals surface area (Å²) in [6.45, 7) is 8.19. The van der Waals surface area contributed by atoms with Gasteiger partial charge in [-0.3, -0.25) is 19.5 Å². The van der Waals surface area contributed by atoms with Gasteiger partial charge in [-0.05, 0) is 69.0 Å². The van der Waals surface area contributed by atoms with Crippen molar-refractivity contribution in [3.8, 4) is 5.75 Å². The molecule has 2 aliphatic heterocycles. The summed E-state index contributed by atoms with van der Waals surface area (Å²) in [7, 11) is 0. The summed E-state index contributed by atoms with van der Waals surface area (Å²) in [4.78, 5) is 35.9. The van der Waals surface area contributed by atoms with Gasteiger partial charge in [-0.1, -0.05) is 6.07 Å². The summed E-state index contributed by atoms with van der Waals surface area (Å²) in [5, 5.41) is 0. The molecule has 2 unspecified atom stereocenters. The summed E-state index contributed by atoms with van der Waals surface area (Å²) >= 11 is 0. The van der Waals surface area contributed by atoms with Crippen LogP contribution in [0.4, 0.5) is 0 Å². The lowest BCUT2D eigenvalue weighted by molar-refractivity contribution is -0.139. The van der Waals surface area contributed by atoms with Crippen LogP contribution in [0.3, 0.4) is 0 Å². The van der Waals surface area contributed by atoms with Crippen LogP contribution >= 0.6 is 0 Å². The molecule has 7 heteroatoms. The first kappa shape index (κ1) is 23.2. The number of carbonyl (C=O) groups excluding carboxylic acids is 2. The molecule has 176 valence electrons. The molecule has 4 rings (SSSR count). The highest BCUT2D eigenvalue weighted by Gasteiger charge is 2.29. The maximum atomic E-state index is 12.9. The minimum Gasteiger partial charge on any atom is -0.484 e. The summed E-state index contributed by atoms with van der Waals surface area (Å²) in [5.74, 6) is 0.673. The summed E-state index contributed by atoms with van der Waals surface area (Å²) < 4.78 is 5.74. The van der Waals surface area contributed by atoms with Gasteiger partial charge >= 0.3 is 0 Å². The smallest absolute Gasteiger partial charge is 0.260 e. The van der Waals surface area contributed by atoms with Gasteiger partial charge in [-0.25, -0.2) is 0 Å². The number of hydrogen-bond donors (Lipinski definition) is 0. The zero-order valence-electron chi connectivity index (χ0n) is 19.7. The fourth-order valence-electron chi connectivity index (χ4n) is 4.87. The van der Waals surface area contributed by atoms with Crippen LogP contribution in [0.5, 0.6) is 5.75 Å². The topological polar surface area (TPSA) is 66.0 Å². The Morgan fingerprint density at radius 3 is 2.33 bits per heavy atom. The Labute approximate surface area is 196 Å². The van der Waals surface area contributed by atoms with E-state index in [1.165, 1.54) is 12.0 Å². The quantitative estimate of drug-likeness (QED) is 0.676. The van der Waals surface area contributed by atoms with E-state index in [1.807, 2.05) is 22.1 Å². The Balaban J connectivity index is 1.25. The second-order valence-electron chi connectivity index (χ2n) is 9.17. The van der Waals surface area contributed by atoms with Gasteiger partial charge in [-0.2, -0.15) is 0 Å². The van der Waals surface area contributed by atoms with Crippen molar-refractivity contribution in [3.63, 3.8) is 0 Å². The minimum atomic E-state index is 0.0269. The molecule has 0 bridgehead atoms. The van der Waals surface area contributed by atoms with Crippen LogP contribution < -0.4 is 4.74 Å². The number of aromatic nitrogens is 1. The van der Waals surface area contributed by atoms with Gasteiger partial charge in [0.1, 0.15) is 5.75 Å². The van der Waals surface area contributed by atoms with Crippen molar-refractivity contribution in [1.29, 1.82) is 0 Å². The van der Waals surface area contributed by atoms with Crippen molar-refractivity contribution in [2.45, 2.75) is 51.7 Å². The van der Waals surface area contributed by atoms with Crippen LogP contribution in [0.1, 0.15) is 49.0 Å². The molecular weight excluding hydrogens is 416 g/mol. The number of piperazine rings is 1. The van der Waals surface area contributed by atoms with E-state index in [0.717, 1.165) is 32.5 Å². The highest BCUT2D eigenvalue weighted by molar-refractivity contribution is 5.94. The monoisotopic (exact) mass is 450 g/mol. The minimum absolute atomic E-state index is 0.0269. The molecule has 0 radical (unpaired) electrons. The maximum Gasteiger partial charge on any atom is 0.260 e. The summed E-state index contributed by atoms with van der Waals surface area (Å²) in [5.41, 5.74) is 1.84. The molecule has 33 heavy (non-hydrogen) atoms. The molecule has 0 aliphatic carbocycles. The molecule has 1 aromatic carbocycles. The average Bonchev–Trinajstić information content (AvgIpc) is 2.84. The van der Waals surface area contributed by atoms with E-state index in [4.69, 9.17) is 4.74 Å². The first-order chi connectivity index (χ1) is 16.0. The number of hydrogen-bond acceptors (Lipinski definition) is 5. The number of benzene rings is 1. The van der Waals surface area contributed by atoms with E-state index in [2.05, 4.69) is 29.8 Å². The third kappa shape index (κ3) is 5.90. The maximum absolute atomic E-state index is 12.9. The van der Waals surface area contributed by atoms with E-state index >= 15 is 0 Å². The van der Waals surface area contributed by atoms with E-state index in [9.17, 15) is 9.59 Å². The lowest BCUT2D eigenvalue weighted by Gasteiger charge is -2.39. The lowest BCUT2D eigenvalue weighted by atomic mass is 9.97. The standard InChI is InChI=1S/C26H34N4O3/c1-20-5-3-6-21(2)30(20)25(31)19-33-24-10-8-23(9-11-24)26(32)29-15-13-28(14-16-29)18-22-7-4-12-27-17-22/h4,7-12,17,20-21H,3,5-6,13-16,18-19H2,1-2H3. The van der Waals surface area contributed by atoms with Crippen LogP contribution in [0.2, 0.25) is 0 Å². The van der Waals surface area contributed by atoms with E-state index in [1.54, 1.807) is 30.5 Å². The zero-order valence-corrected chi connectivity index (χ0v) is 19.7. The molecule has 0 saturated carbocycles. The molecule has 2 atom stereocenters. The SMILES string of the molecule is CC1CCCC(C)N1C(=O)COc1ccc(C(=O)N2CCN(Cc3cccnc3)CC2)cc1. The highest BCUT2D eigenvalue weighted by Crippen LogP contribution is 2.23. The Morgan fingerprint density at radius 2 is 1.70 bits per heavy atom. The van der Waals surface area contributed by atoms with Crippen LogP contribution in [0.25, 0.3) is 0 Å². The van der Waals surface area contributed by atoms with Gasteiger partial charge in [0, 0.05) is 62.8 Å². The number of nitrogens with zero attached hydrogens (tertiary/aromatic N) is 4. The highest BCUT2D eigenvalue weighted by atomic mass is 16.5. The van der Waals surface area contributed by atoms with Crippen LogP contribution in [-0.4, -0.2) is 76.4 Å². The largest absolute Gasteiger partial charge is 0.484 e. The molecule has 7 nitrogen and oxygen atoms in total. The number of pyridine rings is 1. The zero-order chi connectivity index (χ0) is 23.2. The van der Waals surface area contributed by atoms with E-state index < -0.39 is 0 Å². The molecule has 2 aliphatic rings. The molecule has 0 N–H and O–H groups in total. The molecule has 2 aromatic rings. The molecule has 2 amide bonds. The molecule has 0 spiro atoms. The van der Waals surface area contributed by atoms with Crippen molar-refractivity contribution in [2.24, 2.45) is 0 Å². The fourth-order valence-corrected chi connectivity index (χ4v) is 4.87. The third-order valence-corrected chi connectivity index (χ3v) is 6.73. The molecule has 2 fully saturated rings. The van der Waals surface area contributed by atoms with E-state index in [0.29, 0.717) is 24.4 Å². The first-order valence-electron chi connectivity index (χ1n) is 12.0. The van der Waals surface area contributed by atoms with Crippen LogP contribution in [0, 0.1) is 0 Å². The number of rotatable bonds is 6. The Morgan fingerprint density at radius 1 is 1.00 bits per heavy atom. The van der Waals surface area contributed by atoms with Gasteiger partial charge in [0.05, 0.1) is 0 Å². The number of carbonyl (C=O) groups is 2. The van der Waals surface area contributed by atoms with Gasteiger partial charge in [0.2, 0.25) is 0 Å². The lowest BCUT2D eigenvalue weighted by Crippen LogP contribution is -2.49. The number of likely N-dealkylation sites (tertiary alicyclic amines) is 1. The number of ether oxygens (including phenoxy) is 1. The van der Waals surface area contributed by atoms with Gasteiger partial charge in [-0.15, -0.1) is 0 Å². The number of amides is 2. The third-order valence-electron chi connectivity index (χ3n) is 6.73. The first-order valence-corrected chi connectivity index (χ1v) is 12.0. The van der Waals surface area contributed by atoms with E-state index in [-0.39, 0.29) is 30.5 Å². The summed E-state index contributed by atoms with van der Waals surface area (Å²) in [6, 6.07) is 11.7. The Hall–Kier alpha value is -2.93. The predicted octanol–water partition coefficient (Wildman–Crippen LogP) is 3.21. The Bertz CT molecular complexity index is 916. The molecule has 2 saturated heterocycles. The van der Waals surface area contributed by atoms with Crippen LogP contribution in [-0.2, 0) is 11.3 Å². The van der Waals surface area contributed by atoms with Crippen molar-refractivity contribution in [3.05, 3.63) is 59.9 Å². The van der Waals surface area contributed by atoms with Gasteiger partial charge in [0.25, 0.3) is 11.8 Å². The molecular formula is C26H34N4O3. The number of piperidine rings is 1. The van der Waals surface area contributed by atoms with Crippen molar-refractivity contribution in [1.82, 2.24) is 19.7 Å². The van der Waals surface area contributed by atoms with Crippen molar-refractivity contribution in [2.75, 3.05) is 32.8 Å².